The molecule has 0 fully saturated rings. The second kappa shape index (κ2) is 4.89. The van der Waals surface area contributed by atoms with Gasteiger partial charge in [0, 0.05) is 10.5 Å². The summed E-state index contributed by atoms with van der Waals surface area (Å²) in [6.07, 6.45) is 0.871. The van der Waals surface area contributed by atoms with Gasteiger partial charge in [0.2, 0.25) is 0 Å². The zero-order valence-corrected chi connectivity index (χ0v) is 10.0. The maximum Gasteiger partial charge on any atom is 0.124 e. The van der Waals surface area contributed by atoms with E-state index < -0.39 is 0 Å². The molecule has 0 aliphatic rings. The van der Waals surface area contributed by atoms with Crippen molar-refractivity contribution in [3.8, 4) is 0 Å². The van der Waals surface area contributed by atoms with Gasteiger partial charge in [-0.3, -0.25) is 0 Å². The minimum atomic E-state index is -0.242. The highest BCUT2D eigenvalue weighted by atomic mass is 79.9. The normalized spacial score (nSPS) is 13.3. The summed E-state index contributed by atoms with van der Waals surface area (Å²) in [6, 6.07) is 4.72. The maximum atomic E-state index is 13.0. The zero-order valence-electron chi connectivity index (χ0n) is 8.43. The molecule has 0 saturated carbocycles. The molecule has 1 aromatic rings. The summed E-state index contributed by atoms with van der Waals surface area (Å²) in [5.74, 6) is 0.278. The Morgan fingerprint density at radius 1 is 1.36 bits per heavy atom. The molecular weight excluding hydrogens is 245 g/mol. The number of hydrogen-bond acceptors (Lipinski definition) is 1. The molecule has 3 heteroatoms. The van der Waals surface area contributed by atoms with E-state index in [9.17, 15) is 4.39 Å². The summed E-state index contributed by atoms with van der Waals surface area (Å²) in [5.41, 5.74) is 6.80. The van der Waals surface area contributed by atoms with E-state index in [1.807, 2.05) is 6.07 Å². The van der Waals surface area contributed by atoms with E-state index in [1.165, 1.54) is 12.1 Å². The van der Waals surface area contributed by atoms with E-state index in [2.05, 4.69) is 29.8 Å². The van der Waals surface area contributed by atoms with Crippen molar-refractivity contribution in [1.82, 2.24) is 0 Å². The van der Waals surface area contributed by atoms with Crippen LogP contribution in [0.1, 0.15) is 31.9 Å². The van der Waals surface area contributed by atoms with Gasteiger partial charge in [-0.2, -0.15) is 0 Å². The average molecular weight is 260 g/mol. The molecule has 0 bridgehead atoms. The molecule has 0 aliphatic carbocycles. The van der Waals surface area contributed by atoms with Gasteiger partial charge in [0.15, 0.2) is 0 Å². The van der Waals surface area contributed by atoms with Gasteiger partial charge in [0.05, 0.1) is 0 Å². The lowest BCUT2D eigenvalue weighted by molar-refractivity contribution is 0.507. The maximum absolute atomic E-state index is 13.0. The Morgan fingerprint density at radius 3 is 2.50 bits per heavy atom. The minimum absolute atomic E-state index is 0.0815. The van der Waals surface area contributed by atoms with Crippen LogP contribution in [0.4, 0.5) is 4.39 Å². The van der Waals surface area contributed by atoms with Gasteiger partial charge in [-0.05, 0) is 36.1 Å². The molecule has 0 unspecified atom stereocenters. The highest BCUT2D eigenvalue weighted by Gasteiger charge is 2.09. The van der Waals surface area contributed by atoms with Crippen molar-refractivity contribution in [3.05, 3.63) is 34.1 Å². The van der Waals surface area contributed by atoms with Crippen molar-refractivity contribution in [1.29, 1.82) is 0 Å². The topological polar surface area (TPSA) is 26.0 Å². The molecule has 0 amide bonds. The third-order valence-corrected chi connectivity index (χ3v) is 2.50. The SMILES string of the molecule is CC(C)C[C@@H](N)c1cc(F)cc(Br)c1. The second-order valence-corrected chi connectivity index (χ2v) is 4.85. The van der Waals surface area contributed by atoms with Crippen LogP contribution in [0, 0.1) is 11.7 Å². The van der Waals surface area contributed by atoms with Crippen molar-refractivity contribution in [2.75, 3.05) is 0 Å². The van der Waals surface area contributed by atoms with Crippen molar-refractivity contribution >= 4 is 15.9 Å². The molecule has 1 aromatic carbocycles. The highest BCUT2D eigenvalue weighted by molar-refractivity contribution is 9.10. The third kappa shape index (κ3) is 3.39. The van der Waals surface area contributed by atoms with Gasteiger partial charge >= 0.3 is 0 Å². The van der Waals surface area contributed by atoms with E-state index in [1.54, 1.807) is 0 Å². The van der Waals surface area contributed by atoms with Gasteiger partial charge < -0.3 is 5.73 Å². The molecule has 0 saturated heterocycles. The molecule has 0 aliphatic heterocycles. The van der Waals surface area contributed by atoms with Crippen LogP contribution in [0.3, 0.4) is 0 Å². The number of hydrogen-bond donors (Lipinski definition) is 1. The molecule has 0 radical (unpaired) electrons. The lowest BCUT2D eigenvalue weighted by Crippen LogP contribution is -2.13. The first kappa shape index (κ1) is 11.7. The minimum Gasteiger partial charge on any atom is -0.324 e. The molecular formula is C11H15BrFN. The van der Waals surface area contributed by atoms with Crippen molar-refractivity contribution < 1.29 is 4.39 Å². The smallest absolute Gasteiger partial charge is 0.124 e. The Balaban J connectivity index is 2.84. The molecule has 0 aromatic heterocycles. The lowest BCUT2D eigenvalue weighted by atomic mass is 9.98. The second-order valence-electron chi connectivity index (χ2n) is 3.94. The van der Waals surface area contributed by atoms with E-state index in [0.29, 0.717) is 5.92 Å². The predicted octanol–water partition coefficient (Wildman–Crippen LogP) is 3.63. The molecule has 1 nitrogen and oxygen atoms in total. The van der Waals surface area contributed by atoms with Crippen LogP contribution in [0.15, 0.2) is 22.7 Å². The fourth-order valence-electron chi connectivity index (χ4n) is 1.43. The van der Waals surface area contributed by atoms with Gasteiger partial charge in [0.1, 0.15) is 5.82 Å². The van der Waals surface area contributed by atoms with E-state index in [-0.39, 0.29) is 11.9 Å². The van der Waals surface area contributed by atoms with E-state index in [4.69, 9.17) is 5.73 Å². The average Bonchev–Trinajstić information content (AvgIpc) is 2.00. The van der Waals surface area contributed by atoms with Gasteiger partial charge in [-0.1, -0.05) is 29.8 Å². The summed E-state index contributed by atoms with van der Waals surface area (Å²) in [5, 5.41) is 0. The third-order valence-electron chi connectivity index (χ3n) is 2.04. The highest BCUT2D eigenvalue weighted by Crippen LogP contribution is 2.23. The first-order valence-electron chi connectivity index (χ1n) is 4.70. The van der Waals surface area contributed by atoms with Gasteiger partial charge in [-0.25, -0.2) is 4.39 Å². The molecule has 1 atom stereocenters. The number of rotatable bonds is 3. The molecule has 0 heterocycles. The number of nitrogens with two attached hydrogens (primary N) is 1. The Labute approximate surface area is 92.6 Å². The van der Waals surface area contributed by atoms with Crippen molar-refractivity contribution in [2.45, 2.75) is 26.3 Å². The van der Waals surface area contributed by atoms with E-state index >= 15 is 0 Å². The number of halogens is 2. The van der Waals surface area contributed by atoms with Crippen LogP contribution >= 0.6 is 15.9 Å². The summed E-state index contributed by atoms with van der Waals surface area (Å²) in [7, 11) is 0. The van der Waals surface area contributed by atoms with Crippen LogP contribution in [0.2, 0.25) is 0 Å². The summed E-state index contributed by atoms with van der Waals surface area (Å²) in [6.45, 7) is 4.21. The summed E-state index contributed by atoms with van der Waals surface area (Å²) in [4.78, 5) is 0. The standard InChI is InChI=1S/C11H15BrFN/c1-7(2)3-11(14)8-4-9(12)6-10(13)5-8/h4-7,11H,3,14H2,1-2H3/t11-/m1/s1. The van der Waals surface area contributed by atoms with Crippen molar-refractivity contribution in [2.24, 2.45) is 11.7 Å². The Morgan fingerprint density at radius 2 is 2.00 bits per heavy atom. The molecule has 1 rings (SSSR count). The summed E-state index contributed by atoms with van der Waals surface area (Å²) < 4.78 is 13.8. The Bertz CT molecular complexity index is 292. The van der Waals surface area contributed by atoms with Gasteiger partial charge in [-0.15, -0.1) is 0 Å². The van der Waals surface area contributed by atoms with Gasteiger partial charge in [0.25, 0.3) is 0 Å². The fourth-order valence-corrected chi connectivity index (χ4v) is 1.92. The quantitative estimate of drug-likeness (QED) is 0.882. The molecule has 0 spiro atoms. The van der Waals surface area contributed by atoms with E-state index in [0.717, 1.165) is 16.5 Å². The molecule has 2 N–H and O–H groups in total. The van der Waals surface area contributed by atoms with Crippen LogP contribution < -0.4 is 5.73 Å². The first-order chi connectivity index (χ1) is 6.49. The van der Waals surface area contributed by atoms with Crippen LogP contribution in [0.5, 0.6) is 0 Å². The largest absolute Gasteiger partial charge is 0.324 e. The number of benzene rings is 1. The van der Waals surface area contributed by atoms with Crippen LogP contribution in [-0.2, 0) is 0 Å². The van der Waals surface area contributed by atoms with Crippen LogP contribution in [-0.4, -0.2) is 0 Å². The summed E-state index contributed by atoms with van der Waals surface area (Å²) >= 11 is 3.25. The molecule has 78 valence electrons. The first-order valence-corrected chi connectivity index (χ1v) is 5.50. The Kier molecular flexibility index (Phi) is 4.08. The lowest BCUT2D eigenvalue weighted by Gasteiger charge is -2.14. The van der Waals surface area contributed by atoms with Crippen molar-refractivity contribution in [3.63, 3.8) is 0 Å². The Hall–Kier alpha value is -0.410. The molecule has 14 heavy (non-hydrogen) atoms. The zero-order chi connectivity index (χ0) is 10.7. The fraction of sp³-hybridized carbons (Fsp3) is 0.455. The monoisotopic (exact) mass is 259 g/mol. The predicted molar refractivity (Wildman–Crippen MR) is 60.5 cm³/mol. The van der Waals surface area contributed by atoms with Crippen LogP contribution in [0.25, 0.3) is 0 Å².